The van der Waals surface area contributed by atoms with Crippen molar-refractivity contribution < 1.29 is 9.47 Å². The fraction of sp³-hybridized carbons (Fsp3) is 0.957. The number of hydrogen-bond acceptors (Lipinski definition) is 4. The smallest absolute Gasteiger partial charge is 0.193 e. The monoisotopic (exact) mass is 536 g/mol. The van der Waals surface area contributed by atoms with E-state index in [4.69, 9.17) is 14.5 Å². The molecule has 3 atom stereocenters. The molecule has 3 aliphatic heterocycles. The highest BCUT2D eigenvalue weighted by molar-refractivity contribution is 14.0. The van der Waals surface area contributed by atoms with E-state index in [2.05, 4.69) is 35.9 Å². The van der Waals surface area contributed by atoms with Crippen molar-refractivity contribution in [3.8, 4) is 0 Å². The summed E-state index contributed by atoms with van der Waals surface area (Å²) in [6, 6.07) is 0.516. The van der Waals surface area contributed by atoms with Gasteiger partial charge in [0.05, 0.1) is 25.4 Å². The zero-order chi connectivity index (χ0) is 20.5. The fourth-order valence-electron chi connectivity index (χ4n) is 4.80. The minimum atomic E-state index is 0. The molecule has 3 saturated heterocycles. The van der Waals surface area contributed by atoms with Crippen LogP contribution in [0.2, 0.25) is 0 Å². The first-order valence-corrected chi connectivity index (χ1v) is 12.2. The zero-order valence-corrected chi connectivity index (χ0v) is 21.8. The van der Waals surface area contributed by atoms with Gasteiger partial charge in [-0.05, 0) is 71.3 Å². The van der Waals surface area contributed by atoms with Crippen LogP contribution in [0.1, 0.15) is 65.7 Å². The van der Waals surface area contributed by atoms with Gasteiger partial charge in [-0.1, -0.05) is 6.92 Å². The zero-order valence-electron chi connectivity index (χ0n) is 19.5. The molecule has 1 N–H and O–H groups in total. The van der Waals surface area contributed by atoms with Gasteiger partial charge in [0.15, 0.2) is 5.96 Å². The Labute approximate surface area is 201 Å². The first-order chi connectivity index (χ1) is 14.2. The first-order valence-electron chi connectivity index (χ1n) is 12.2. The van der Waals surface area contributed by atoms with Gasteiger partial charge in [0.25, 0.3) is 0 Å². The standard InChI is InChI=1S/C23H44N4O2.HI/c1-4-24-23(25-16-20(3)27-12-7-8-19(2)17-27)26-13-10-21(11-14-26)29-18-22-9-5-6-15-28-22;/h19-22H,4-18H2,1-3H3,(H,24,25);1H. The number of piperidine rings is 2. The van der Waals surface area contributed by atoms with Crippen LogP contribution in [0, 0.1) is 5.92 Å². The lowest BCUT2D eigenvalue weighted by molar-refractivity contribution is -0.0721. The van der Waals surface area contributed by atoms with Crippen molar-refractivity contribution in [3.05, 3.63) is 0 Å². The van der Waals surface area contributed by atoms with Crippen molar-refractivity contribution >= 4 is 29.9 Å². The molecule has 3 rings (SSSR count). The van der Waals surface area contributed by atoms with Crippen molar-refractivity contribution in [2.24, 2.45) is 10.9 Å². The molecule has 176 valence electrons. The predicted molar refractivity (Wildman–Crippen MR) is 135 cm³/mol. The molecule has 3 heterocycles. The third kappa shape index (κ3) is 8.43. The minimum absolute atomic E-state index is 0. The Hall–Kier alpha value is -0.120. The summed E-state index contributed by atoms with van der Waals surface area (Å²) in [5, 5.41) is 3.51. The molecule has 7 heteroatoms. The molecular weight excluding hydrogens is 491 g/mol. The Morgan fingerprint density at radius 2 is 1.93 bits per heavy atom. The Kier molecular flexibility index (Phi) is 12.3. The molecule has 3 fully saturated rings. The number of ether oxygens (including phenoxy) is 2. The molecule has 30 heavy (non-hydrogen) atoms. The maximum atomic E-state index is 6.18. The van der Waals surface area contributed by atoms with E-state index < -0.39 is 0 Å². The number of likely N-dealkylation sites (tertiary alicyclic amines) is 2. The summed E-state index contributed by atoms with van der Waals surface area (Å²) in [4.78, 5) is 10.1. The van der Waals surface area contributed by atoms with Gasteiger partial charge >= 0.3 is 0 Å². The topological polar surface area (TPSA) is 49.3 Å². The Morgan fingerprint density at radius 1 is 1.13 bits per heavy atom. The van der Waals surface area contributed by atoms with Crippen molar-refractivity contribution in [1.29, 1.82) is 0 Å². The summed E-state index contributed by atoms with van der Waals surface area (Å²) in [6.45, 7) is 14.8. The minimum Gasteiger partial charge on any atom is -0.376 e. The van der Waals surface area contributed by atoms with Gasteiger partial charge in [-0.2, -0.15) is 0 Å². The number of halogens is 1. The molecule has 3 aliphatic rings. The van der Waals surface area contributed by atoms with E-state index in [0.717, 1.165) is 70.5 Å². The molecule has 0 radical (unpaired) electrons. The van der Waals surface area contributed by atoms with Crippen LogP contribution in [0.25, 0.3) is 0 Å². The van der Waals surface area contributed by atoms with E-state index in [-0.39, 0.29) is 24.0 Å². The molecule has 0 bridgehead atoms. The Morgan fingerprint density at radius 3 is 2.60 bits per heavy atom. The lowest BCUT2D eigenvalue weighted by atomic mass is 9.99. The fourth-order valence-corrected chi connectivity index (χ4v) is 4.80. The predicted octanol–water partition coefficient (Wildman–Crippen LogP) is 3.74. The Bertz CT molecular complexity index is 494. The Balaban J connectivity index is 0.00000320. The van der Waals surface area contributed by atoms with E-state index in [1.807, 2.05) is 0 Å². The van der Waals surface area contributed by atoms with Crippen molar-refractivity contribution in [3.63, 3.8) is 0 Å². The van der Waals surface area contributed by atoms with Crippen LogP contribution in [-0.4, -0.2) is 86.5 Å². The van der Waals surface area contributed by atoms with Crippen LogP contribution < -0.4 is 5.32 Å². The lowest BCUT2D eigenvalue weighted by Gasteiger charge is -2.36. The second kappa shape index (κ2) is 14.1. The van der Waals surface area contributed by atoms with Crippen molar-refractivity contribution in [2.45, 2.75) is 84.0 Å². The number of nitrogens with zero attached hydrogens (tertiary/aromatic N) is 3. The summed E-state index contributed by atoms with van der Waals surface area (Å²) in [5.41, 5.74) is 0. The molecule has 3 unspecified atom stereocenters. The van der Waals surface area contributed by atoms with E-state index in [0.29, 0.717) is 18.2 Å². The van der Waals surface area contributed by atoms with Crippen molar-refractivity contribution in [1.82, 2.24) is 15.1 Å². The third-order valence-electron chi connectivity index (χ3n) is 6.69. The number of nitrogens with one attached hydrogen (secondary N) is 1. The average molecular weight is 537 g/mol. The van der Waals surface area contributed by atoms with E-state index in [1.54, 1.807) is 0 Å². The largest absolute Gasteiger partial charge is 0.376 e. The molecule has 6 nitrogen and oxygen atoms in total. The first kappa shape index (κ1) is 26.1. The molecule has 0 amide bonds. The van der Waals surface area contributed by atoms with Gasteiger partial charge in [-0.25, -0.2) is 0 Å². The summed E-state index contributed by atoms with van der Waals surface area (Å²) in [7, 11) is 0. The highest BCUT2D eigenvalue weighted by Crippen LogP contribution is 2.19. The highest BCUT2D eigenvalue weighted by Gasteiger charge is 2.25. The summed E-state index contributed by atoms with van der Waals surface area (Å²) in [5.74, 6) is 1.90. The number of hydrogen-bond donors (Lipinski definition) is 1. The molecule has 0 aromatic rings. The number of guanidine groups is 1. The van der Waals surface area contributed by atoms with Crippen LogP contribution in [0.5, 0.6) is 0 Å². The second-order valence-corrected chi connectivity index (χ2v) is 9.29. The van der Waals surface area contributed by atoms with Gasteiger partial charge < -0.3 is 19.7 Å². The SMILES string of the molecule is CCNC(=NCC(C)N1CCCC(C)C1)N1CCC(OCC2CCCCO2)CC1.I. The maximum absolute atomic E-state index is 6.18. The highest BCUT2D eigenvalue weighted by atomic mass is 127. The molecule has 0 aromatic heterocycles. The van der Waals surface area contributed by atoms with Crippen LogP contribution >= 0.6 is 24.0 Å². The summed E-state index contributed by atoms with van der Waals surface area (Å²) < 4.78 is 12.0. The number of aliphatic imine (C=N–C) groups is 1. The molecule has 0 aliphatic carbocycles. The summed E-state index contributed by atoms with van der Waals surface area (Å²) in [6.07, 6.45) is 9.19. The van der Waals surface area contributed by atoms with Gasteiger partial charge in [-0.15, -0.1) is 24.0 Å². The van der Waals surface area contributed by atoms with Gasteiger partial charge in [0.2, 0.25) is 0 Å². The summed E-state index contributed by atoms with van der Waals surface area (Å²) >= 11 is 0. The van der Waals surface area contributed by atoms with E-state index >= 15 is 0 Å². The molecule has 0 spiro atoms. The second-order valence-electron chi connectivity index (χ2n) is 9.29. The molecule has 0 aromatic carbocycles. The maximum Gasteiger partial charge on any atom is 0.193 e. The van der Waals surface area contributed by atoms with Gasteiger partial charge in [0.1, 0.15) is 0 Å². The van der Waals surface area contributed by atoms with Gasteiger partial charge in [0, 0.05) is 38.8 Å². The average Bonchev–Trinajstić information content (AvgIpc) is 2.76. The molecular formula is C23H45IN4O2. The van der Waals surface area contributed by atoms with Crippen LogP contribution in [-0.2, 0) is 9.47 Å². The van der Waals surface area contributed by atoms with Crippen molar-refractivity contribution in [2.75, 3.05) is 52.5 Å². The van der Waals surface area contributed by atoms with E-state index in [1.165, 1.54) is 38.8 Å². The van der Waals surface area contributed by atoms with E-state index in [9.17, 15) is 0 Å². The third-order valence-corrected chi connectivity index (χ3v) is 6.69. The quantitative estimate of drug-likeness (QED) is 0.305. The number of rotatable bonds is 7. The van der Waals surface area contributed by atoms with Crippen LogP contribution in [0.4, 0.5) is 0 Å². The van der Waals surface area contributed by atoms with Crippen LogP contribution in [0.15, 0.2) is 4.99 Å². The normalized spacial score (nSPS) is 28.1. The van der Waals surface area contributed by atoms with Gasteiger partial charge in [-0.3, -0.25) is 9.89 Å². The lowest BCUT2D eigenvalue weighted by Crippen LogP contribution is -2.48. The molecule has 0 saturated carbocycles. The van der Waals surface area contributed by atoms with Crippen LogP contribution in [0.3, 0.4) is 0 Å².